The van der Waals surface area contributed by atoms with E-state index in [0.717, 1.165) is 6.07 Å². The minimum Gasteiger partial charge on any atom is -0.480 e. The monoisotopic (exact) mass is 389 g/mol. The van der Waals surface area contributed by atoms with E-state index >= 15 is 0 Å². The number of pyridine rings is 1. The number of rotatable bonds is 7. The molecule has 0 radical (unpaired) electrons. The molecule has 0 saturated carbocycles. The number of amides is 1. The number of aromatic nitrogens is 1. The molecule has 0 unspecified atom stereocenters. The molecule has 1 atom stereocenters. The number of hydrogen-bond acceptors (Lipinski definition) is 5. The number of piperidine rings is 1. The number of nitrogens with zero attached hydrogens (tertiary/aromatic N) is 3. The molecule has 7 nitrogen and oxygen atoms in total. The third kappa shape index (κ3) is 5.56. The van der Waals surface area contributed by atoms with Gasteiger partial charge < -0.3 is 19.6 Å². The Bertz CT molecular complexity index is 669. The van der Waals surface area contributed by atoms with Crippen molar-refractivity contribution in [3.05, 3.63) is 23.9 Å². The Labute approximate surface area is 154 Å². The molecule has 0 bridgehead atoms. The first-order chi connectivity index (χ1) is 12.7. The maximum absolute atomic E-state index is 13.2. The first kappa shape index (κ1) is 20.9. The Morgan fingerprint density at radius 2 is 2.19 bits per heavy atom. The summed E-state index contributed by atoms with van der Waals surface area (Å²) in [5.74, 6) is -2.36. The molecule has 10 heteroatoms. The lowest BCUT2D eigenvalue weighted by atomic mass is 9.96. The van der Waals surface area contributed by atoms with Crippen LogP contribution in [0, 0.1) is 5.92 Å². The van der Waals surface area contributed by atoms with E-state index in [1.165, 1.54) is 29.2 Å². The summed E-state index contributed by atoms with van der Waals surface area (Å²) in [4.78, 5) is 30.2. The van der Waals surface area contributed by atoms with Crippen LogP contribution in [0.4, 0.5) is 19.0 Å². The molecule has 0 spiro atoms. The SMILES string of the molecule is COCCN(CC(=O)O)C(=O)[C@H]1CCCN(c2ncccc2C(F)(F)F)C1. The molecular weight excluding hydrogens is 367 g/mol. The van der Waals surface area contributed by atoms with Crippen molar-refractivity contribution in [2.75, 3.05) is 44.8 Å². The zero-order valence-electron chi connectivity index (χ0n) is 14.9. The number of halogens is 3. The van der Waals surface area contributed by atoms with Crippen LogP contribution in [0.5, 0.6) is 0 Å². The lowest BCUT2D eigenvalue weighted by Crippen LogP contribution is -2.47. The quantitative estimate of drug-likeness (QED) is 0.767. The summed E-state index contributed by atoms with van der Waals surface area (Å²) >= 11 is 0. The van der Waals surface area contributed by atoms with E-state index in [-0.39, 0.29) is 25.5 Å². The summed E-state index contributed by atoms with van der Waals surface area (Å²) < 4.78 is 44.7. The van der Waals surface area contributed by atoms with Gasteiger partial charge in [0.15, 0.2) is 0 Å². The van der Waals surface area contributed by atoms with Crippen molar-refractivity contribution >= 4 is 17.7 Å². The van der Waals surface area contributed by atoms with Crippen molar-refractivity contribution < 1.29 is 32.6 Å². The van der Waals surface area contributed by atoms with Gasteiger partial charge in [0.2, 0.25) is 5.91 Å². The second-order valence-electron chi connectivity index (χ2n) is 6.30. The number of anilines is 1. The summed E-state index contributed by atoms with van der Waals surface area (Å²) in [5, 5.41) is 9.01. The lowest BCUT2D eigenvalue weighted by molar-refractivity contribution is -0.147. The minimum absolute atomic E-state index is 0.0576. The Balaban J connectivity index is 2.17. The predicted molar refractivity (Wildman–Crippen MR) is 90.3 cm³/mol. The van der Waals surface area contributed by atoms with Crippen LogP contribution in [0.25, 0.3) is 0 Å². The van der Waals surface area contributed by atoms with Crippen molar-refractivity contribution in [1.29, 1.82) is 0 Å². The van der Waals surface area contributed by atoms with Gasteiger partial charge in [-0.15, -0.1) is 0 Å². The van der Waals surface area contributed by atoms with Gasteiger partial charge in [0.1, 0.15) is 12.4 Å². The summed E-state index contributed by atoms with van der Waals surface area (Å²) in [6.07, 6.45) is -2.28. The van der Waals surface area contributed by atoms with E-state index in [0.29, 0.717) is 19.4 Å². The molecule has 1 saturated heterocycles. The number of ether oxygens (including phenoxy) is 1. The normalized spacial score (nSPS) is 17.6. The number of carboxylic acid groups (broad SMARTS) is 1. The summed E-state index contributed by atoms with van der Waals surface area (Å²) in [5.41, 5.74) is -0.847. The fraction of sp³-hybridized carbons (Fsp3) is 0.588. The molecule has 1 aliphatic rings. The molecule has 1 aliphatic heterocycles. The number of methoxy groups -OCH3 is 1. The third-order valence-electron chi connectivity index (χ3n) is 4.37. The van der Waals surface area contributed by atoms with Gasteiger partial charge in [-0.1, -0.05) is 0 Å². The standard InChI is InChI=1S/C17H22F3N3O4/c1-27-9-8-23(11-14(24)25)16(26)12-4-3-7-22(10-12)15-13(17(18,19)20)5-2-6-21-15/h2,5-6,12H,3-4,7-11H2,1H3,(H,24,25)/t12-/m0/s1. The van der Waals surface area contributed by atoms with Crippen LogP contribution >= 0.6 is 0 Å². The van der Waals surface area contributed by atoms with Gasteiger partial charge in [0.25, 0.3) is 0 Å². The lowest BCUT2D eigenvalue weighted by Gasteiger charge is -2.36. The van der Waals surface area contributed by atoms with Gasteiger partial charge in [-0.05, 0) is 25.0 Å². The number of alkyl halides is 3. The van der Waals surface area contributed by atoms with E-state index in [2.05, 4.69) is 4.98 Å². The molecule has 0 aromatic carbocycles. The molecule has 1 aromatic rings. The number of hydrogen-bond donors (Lipinski definition) is 1. The molecule has 2 rings (SSSR count). The molecule has 1 N–H and O–H groups in total. The second kappa shape index (κ2) is 9.03. The van der Waals surface area contributed by atoms with Crippen LogP contribution in [0.15, 0.2) is 18.3 Å². The van der Waals surface area contributed by atoms with Crippen LogP contribution in [-0.4, -0.2) is 66.8 Å². The van der Waals surface area contributed by atoms with Gasteiger partial charge >= 0.3 is 12.1 Å². The largest absolute Gasteiger partial charge is 0.480 e. The molecule has 150 valence electrons. The minimum atomic E-state index is -4.55. The molecule has 1 aromatic heterocycles. The highest BCUT2D eigenvalue weighted by atomic mass is 19.4. The van der Waals surface area contributed by atoms with Crippen molar-refractivity contribution in [2.24, 2.45) is 5.92 Å². The number of carbonyl (C=O) groups is 2. The van der Waals surface area contributed by atoms with Crippen molar-refractivity contribution in [3.63, 3.8) is 0 Å². The summed E-state index contributed by atoms with van der Waals surface area (Å²) in [6, 6.07) is 2.18. The zero-order chi connectivity index (χ0) is 20.0. The predicted octanol–water partition coefficient (Wildman–Crippen LogP) is 1.88. The molecule has 27 heavy (non-hydrogen) atoms. The summed E-state index contributed by atoms with van der Waals surface area (Å²) in [6.45, 7) is 0.211. The van der Waals surface area contributed by atoms with Gasteiger partial charge in [-0.2, -0.15) is 13.2 Å². The molecule has 0 aliphatic carbocycles. The number of carboxylic acids is 1. The fourth-order valence-corrected chi connectivity index (χ4v) is 3.13. The van der Waals surface area contributed by atoms with Crippen LogP contribution in [0.1, 0.15) is 18.4 Å². The number of aliphatic carboxylic acids is 1. The molecule has 1 amide bonds. The van der Waals surface area contributed by atoms with E-state index < -0.39 is 36.1 Å². The Morgan fingerprint density at radius 1 is 1.44 bits per heavy atom. The maximum atomic E-state index is 13.2. The highest BCUT2D eigenvalue weighted by Crippen LogP contribution is 2.36. The van der Waals surface area contributed by atoms with Gasteiger partial charge in [-0.3, -0.25) is 9.59 Å². The maximum Gasteiger partial charge on any atom is 0.419 e. The average molecular weight is 389 g/mol. The van der Waals surface area contributed by atoms with E-state index in [9.17, 15) is 22.8 Å². The van der Waals surface area contributed by atoms with Gasteiger partial charge in [-0.25, -0.2) is 4.98 Å². The smallest absolute Gasteiger partial charge is 0.419 e. The van der Waals surface area contributed by atoms with E-state index in [1.807, 2.05) is 0 Å². The fourth-order valence-electron chi connectivity index (χ4n) is 3.13. The summed E-state index contributed by atoms with van der Waals surface area (Å²) in [7, 11) is 1.44. The first-order valence-corrected chi connectivity index (χ1v) is 8.50. The highest BCUT2D eigenvalue weighted by Gasteiger charge is 2.38. The Kier molecular flexibility index (Phi) is 7.00. The van der Waals surface area contributed by atoms with Gasteiger partial charge in [0, 0.05) is 32.9 Å². The molecular formula is C17H22F3N3O4. The van der Waals surface area contributed by atoms with Gasteiger partial charge in [0.05, 0.1) is 18.1 Å². The highest BCUT2D eigenvalue weighted by molar-refractivity contribution is 5.83. The van der Waals surface area contributed by atoms with Crippen LogP contribution in [-0.2, 0) is 20.5 Å². The van der Waals surface area contributed by atoms with E-state index in [4.69, 9.17) is 9.84 Å². The van der Waals surface area contributed by atoms with Crippen LogP contribution in [0.2, 0.25) is 0 Å². The van der Waals surface area contributed by atoms with Crippen molar-refractivity contribution in [2.45, 2.75) is 19.0 Å². The topological polar surface area (TPSA) is 83.0 Å². The molecule has 1 fully saturated rings. The van der Waals surface area contributed by atoms with Crippen molar-refractivity contribution in [3.8, 4) is 0 Å². The first-order valence-electron chi connectivity index (χ1n) is 8.50. The third-order valence-corrected chi connectivity index (χ3v) is 4.37. The Hall–Kier alpha value is -2.36. The van der Waals surface area contributed by atoms with Crippen LogP contribution < -0.4 is 4.90 Å². The molecule has 2 heterocycles. The van der Waals surface area contributed by atoms with Crippen molar-refractivity contribution in [1.82, 2.24) is 9.88 Å². The Morgan fingerprint density at radius 3 is 2.81 bits per heavy atom. The zero-order valence-corrected chi connectivity index (χ0v) is 14.9. The second-order valence-corrected chi connectivity index (χ2v) is 6.30. The van der Waals surface area contributed by atoms with Crippen LogP contribution in [0.3, 0.4) is 0 Å². The van der Waals surface area contributed by atoms with E-state index in [1.54, 1.807) is 0 Å². The average Bonchev–Trinajstić information content (AvgIpc) is 2.63. The number of carbonyl (C=O) groups excluding carboxylic acids is 1.